The highest BCUT2D eigenvalue weighted by atomic mass is 32.1. The average Bonchev–Trinajstić information content (AvgIpc) is 3.03. The SMILES string of the molecule is COC1=CNC(O/N=C(\C)c2sc(-c3cccnc3)nc2C)N=C1. The number of hydrogen-bond acceptors (Lipinski definition) is 8. The van der Waals surface area contributed by atoms with E-state index in [9.17, 15) is 0 Å². The van der Waals surface area contributed by atoms with Crippen molar-refractivity contribution in [1.82, 2.24) is 15.3 Å². The second-order valence-corrected chi connectivity index (χ2v) is 6.00. The molecule has 3 heterocycles. The highest BCUT2D eigenvalue weighted by molar-refractivity contribution is 7.17. The average molecular weight is 343 g/mol. The molecule has 3 rings (SSSR count). The number of oxime groups is 1. The first-order valence-electron chi connectivity index (χ1n) is 7.29. The third-order valence-electron chi connectivity index (χ3n) is 3.26. The van der Waals surface area contributed by atoms with Gasteiger partial charge in [0.05, 0.1) is 29.6 Å². The van der Waals surface area contributed by atoms with E-state index in [1.807, 2.05) is 26.0 Å². The van der Waals surface area contributed by atoms with Crippen molar-refractivity contribution in [1.29, 1.82) is 0 Å². The van der Waals surface area contributed by atoms with Crippen molar-refractivity contribution in [3.8, 4) is 10.6 Å². The maximum atomic E-state index is 5.41. The van der Waals surface area contributed by atoms with Crippen LogP contribution in [-0.4, -0.2) is 35.4 Å². The van der Waals surface area contributed by atoms with E-state index in [0.717, 1.165) is 26.9 Å². The lowest BCUT2D eigenvalue weighted by molar-refractivity contribution is 0.0487. The molecular formula is C16H17N5O2S. The zero-order valence-electron chi connectivity index (χ0n) is 13.6. The fraction of sp³-hybridized carbons (Fsp3) is 0.250. The van der Waals surface area contributed by atoms with Crippen molar-refractivity contribution < 1.29 is 9.57 Å². The maximum absolute atomic E-state index is 5.41. The van der Waals surface area contributed by atoms with Crippen LogP contribution in [0.15, 0.2) is 46.6 Å². The molecule has 1 aliphatic rings. The first kappa shape index (κ1) is 16.1. The summed E-state index contributed by atoms with van der Waals surface area (Å²) in [6.07, 6.45) is 6.24. The number of aromatic nitrogens is 2. The molecule has 0 aromatic carbocycles. The van der Waals surface area contributed by atoms with Crippen LogP contribution in [0, 0.1) is 6.92 Å². The molecule has 2 aromatic rings. The smallest absolute Gasteiger partial charge is 0.292 e. The first-order chi connectivity index (χ1) is 11.7. The fourth-order valence-corrected chi connectivity index (χ4v) is 3.05. The van der Waals surface area contributed by atoms with Gasteiger partial charge in [0.15, 0.2) is 5.76 Å². The predicted octanol–water partition coefficient (Wildman–Crippen LogP) is 2.70. The minimum Gasteiger partial charge on any atom is -0.494 e. The normalized spacial score (nSPS) is 17.2. The summed E-state index contributed by atoms with van der Waals surface area (Å²) in [5, 5.41) is 8.01. The van der Waals surface area contributed by atoms with Gasteiger partial charge in [-0.25, -0.2) is 9.98 Å². The fourth-order valence-electron chi connectivity index (χ4n) is 2.06. The molecule has 0 saturated carbocycles. The molecule has 1 unspecified atom stereocenters. The number of hydrogen-bond donors (Lipinski definition) is 1. The first-order valence-corrected chi connectivity index (χ1v) is 8.11. The van der Waals surface area contributed by atoms with Crippen molar-refractivity contribution in [3.63, 3.8) is 0 Å². The van der Waals surface area contributed by atoms with E-state index >= 15 is 0 Å². The Balaban J connectivity index is 1.71. The number of nitrogens with zero attached hydrogens (tertiary/aromatic N) is 4. The lowest BCUT2D eigenvalue weighted by Crippen LogP contribution is -2.28. The molecule has 0 bridgehead atoms. The zero-order valence-corrected chi connectivity index (χ0v) is 14.4. The summed E-state index contributed by atoms with van der Waals surface area (Å²) in [6.45, 7) is 3.84. The van der Waals surface area contributed by atoms with Gasteiger partial charge in [0.1, 0.15) is 5.01 Å². The molecule has 0 spiro atoms. The Bertz CT molecular complexity index is 798. The Labute approximate surface area is 143 Å². The molecular weight excluding hydrogens is 326 g/mol. The van der Waals surface area contributed by atoms with Gasteiger partial charge in [0.2, 0.25) is 0 Å². The second-order valence-electron chi connectivity index (χ2n) is 5.01. The monoisotopic (exact) mass is 343 g/mol. The maximum Gasteiger partial charge on any atom is 0.292 e. The Morgan fingerprint density at radius 1 is 1.42 bits per heavy atom. The number of aryl methyl sites for hydroxylation is 1. The third-order valence-corrected chi connectivity index (χ3v) is 4.58. The molecule has 124 valence electrons. The summed E-state index contributed by atoms with van der Waals surface area (Å²) in [4.78, 5) is 19.2. The van der Waals surface area contributed by atoms with Crippen molar-refractivity contribution in [3.05, 3.63) is 47.1 Å². The molecule has 2 aromatic heterocycles. The van der Waals surface area contributed by atoms with Crippen molar-refractivity contribution in [2.75, 3.05) is 7.11 Å². The molecule has 1 aliphatic heterocycles. The van der Waals surface area contributed by atoms with Gasteiger partial charge in [-0.3, -0.25) is 4.98 Å². The van der Waals surface area contributed by atoms with Crippen molar-refractivity contribution >= 4 is 23.3 Å². The van der Waals surface area contributed by atoms with Gasteiger partial charge < -0.3 is 14.9 Å². The highest BCUT2D eigenvalue weighted by Crippen LogP contribution is 2.27. The molecule has 1 N–H and O–H groups in total. The van der Waals surface area contributed by atoms with Crippen LogP contribution in [-0.2, 0) is 9.57 Å². The molecule has 0 amide bonds. The summed E-state index contributed by atoms with van der Waals surface area (Å²) in [7, 11) is 1.58. The lowest BCUT2D eigenvalue weighted by Gasteiger charge is -2.15. The Morgan fingerprint density at radius 2 is 2.29 bits per heavy atom. The van der Waals surface area contributed by atoms with E-state index in [2.05, 4.69) is 25.4 Å². The third kappa shape index (κ3) is 3.60. The molecule has 0 saturated heterocycles. The molecule has 8 heteroatoms. The van der Waals surface area contributed by atoms with Crippen molar-refractivity contribution in [2.45, 2.75) is 20.2 Å². The van der Waals surface area contributed by atoms with Crippen LogP contribution >= 0.6 is 11.3 Å². The van der Waals surface area contributed by atoms with Gasteiger partial charge in [-0.2, -0.15) is 0 Å². The molecule has 0 radical (unpaired) electrons. The number of aliphatic imine (C=N–C) groups is 1. The minimum atomic E-state index is -0.565. The van der Waals surface area contributed by atoms with Crippen LogP contribution in [0.5, 0.6) is 0 Å². The number of rotatable bonds is 5. The lowest BCUT2D eigenvalue weighted by atomic mass is 10.3. The van der Waals surface area contributed by atoms with E-state index in [0.29, 0.717) is 5.76 Å². The van der Waals surface area contributed by atoms with Gasteiger partial charge in [0, 0.05) is 24.2 Å². The van der Waals surface area contributed by atoms with Crippen LogP contribution in [0.3, 0.4) is 0 Å². The molecule has 24 heavy (non-hydrogen) atoms. The van der Waals surface area contributed by atoms with Gasteiger partial charge in [-0.1, -0.05) is 5.16 Å². The number of methoxy groups -OCH3 is 1. The number of pyridine rings is 1. The number of allylic oxidation sites excluding steroid dienone is 1. The summed E-state index contributed by atoms with van der Waals surface area (Å²) in [6, 6.07) is 3.88. The quantitative estimate of drug-likeness (QED) is 0.667. The largest absolute Gasteiger partial charge is 0.494 e. The number of ether oxygens (including phenoxy) is 1. The molecule has 1 atom stereocenters. The topological polar surface area (TPSA) is 81.0 Å². The standard InChI is InChI=1S/C16H17N5O2S/c1-10-14(24-15(20-10)12-5-4-6-17-7-12)11(2)21-23-16-18-8-13(22-3)9-19-16/h4-9,16,18H,1-3H3/b21-11+. The molecule has 7 nitrogen and oxygen atoms in total. The summed E-state index contributed by atoms with van der Waals surface area (Å²) < 4.78 is 5.04. The van der Waals surface area contributed by atoms with Crippen LogP contribution in [0.2, 0.25) is 0 Å². The summed E-state index contributed by atoms with van der Waals surface area (Å²) >= 11 is 1.56. The van der Waals surface area contributed by atoms with E-state index in [-0.39, 0.29) is 0 Å². The van der Waals surface area contributed by atoms with E-state index in [1.54, 1.807) is 43.3 Å². The summed E-state index contributed by atoms with van der Waals surface area (Å²) in [5.74, 6) is 0.634. The number of thiazole rings is 1. The zero-order chi connectivity index (χ0) is 16.9. The highest BCUT2D eigenvalue weighted by Gasteiger charge is 2.14. The van der Waals surface area contributed by atoms with Gasteiger partial charge in [-0.05, 0) is 26.0 Å². The Kier molecular flexibility index (Phi) is 4.85. The van der Waals surface area contributed by atoms with Gasteiger partial charge in [0.25, 0.3) is 6.35 Å². The Hall–Kier alpha value is -2.74. The van der Waals surface area contributed by atoms with Crippen LogP contribution in [0.25, 0.3) is 10.6 Å². The predicted molar refractivity (Wildman–Crippen MR) is 93.9 cm³/mol. The van der Waals surface area contributed by atoms with Crippen LogP contribution in [0.1, 0.15) is 17.5 Å². The minimum absolute atomic E-state index is 0.565. The molecule has 0 fully saturated rings. The second kappa shape index (κ2) is 7.22. The number of nitrogens with one attached hydrogen (secondary N) is 1. The van der Waals surface area contributed by atoms with E-state index in [4.69, 9.17) is 9.57 Å². The van der Waals surface area contributed by atoms with Gasteiger partial charge in [-0.15, -0.1) is 11.3 Å². The van der Waals surface area contributed by atoms with E-state index < -0.39 is 6.35 Å². The van der Waals surface area contributed by atoms with E-state index in [1.165, 1.54) is 0 Å². The van der Waals surface area contributed by atoms with Crippen LogP contribution in [0.4, 0.5) is 0 Å². The summed E-state index contributed by atoms with van der Waals surface area (Å²) in [5.41, 5.74) is 2.64. The van der Waals surface area contributed by atoms with Gasteiger partial charge >= 0.3 is 0 Å². The Morgan fingerprint density at radius 3 is 2.96 bits per heavy atom. The molecule has 0 aliphatic carbocycles. The van der Waals surface area contributed by atoms with Crippen molar-refractivity contribution in [2.24, 2.45) is 10.1 Å². The van der Waals surface area contributed by atoms with Crippen LogP contribution < -0.4 is 5.32 Å².